The number of nitrogens with zero attached hydrogens (tertiary/aromatic N) is 4. The van der Waals surface area contributed by atoms with E-state index in [4.69, 9.17) is 0 Å². The molecule has 6 nitrogen and oxygen atoms in total. The van der Waals surface area contributed by atoms with Crippen LogP contribution in [0.2, 0.25) is 0 Å². The Morgan fingerprint density at radius 2 is 2.04 bits per heavy atom. The molecule has 1 saturated heterocycles. The molecule has 0 bridgehead atoms. The molecule has 1 aliphatic heterocycles. The van der Waals surface area contributed by atoms with E-state index in [2.05, 4.69) is 32.0 Å². The summed E-state index contributed by atoms with van der Waals surface area (Å²) in [6.45, 7) is 6.21. The number of para-hydroxylation sites is 2. The number of nitrogens with one attached hydrogen (secondary N) is 1. The molecule has 1 aliphatic rings. The molecular formula is C17H23N5OS. The molecule has 7 heteroatoms. The summed E-state index contributed by atoms with van der Waals surface area (Å²) in [5.74, 6) is 1.24. The van der Waals surface area contributed by atoms with Gasteiger partial charge in [-0.3, -0.25) is 4.99 Å². The minimum Gasteiger partial charge on any atom is -0.506 e. The van der Waals surface area contributed by atoms with Crippen LogP contribution in [-0.4, -0.2) is 54.2 Å². The Morgan fingerprint density at radius 3 is 2.67 bits per heavy atom. The van der Waals surface area contributed by atoms with Crippen molar-refractivity contribution in [3.8, 4) is 5.75 Å². The SMILES string of the molecule is CN=C(NCc1ncc(C)s1)N1CCN(c2ccccc2O)CC1. The van der Waals surface area contributed by atoms with E-state index in [1.807, 2.05) is 31.4 Å². The zero-order valence-electron chi connectivity index (χ0n) is 14.1. The number of anilines is 1. The van der Waals surface area contributed by atoms with Crippen molar-refractivity contribution in [1.29, 1.82) is 0 Å². The molecule has 0 radical (unpaired) electrons. The number of hydrogen-bond acceptors (Lipinski definition) is 5. The maximum absolute atomic E-state index is 10.00. The second kappa shape index (κ2) is 7.53. The summed E-state index contributed by atoms with van der Waals surface area (Å²) in [4.78, 5) is 14.4. The molecule has 2 aromatic rings. The highest BCUT2D eigenvalue weighted by molar-refractivity contribution is 7.11. The van der Waals surface area contributed by atoms with E-state index in [1.165, 1.54) is 4.88 Å². The third-order valence-electron chi connectivity index (χ3n) is 4.08. The van der Waals surface area contributed by atoms with Gasteiger partial charge in [0.25, 0.3) is 0 Å². The monoisotopic (exact) mass is 345 g/mol. The molecule has 3 rings (SSSR count). The van der Waals surface area contributed by atoms with Crippen LogP contribution in [-0.2, 0) is 6.54 Å². The molecule has 1 fully saturated rings. The zero-order chi connectivity index (χ0) is 16.9. The predicted octanol–water partition coefficient (Wildman–Crippen LogP) is 2.05. The standard InChI is InChI=1S/C17H23N5OS/c1-13-11-19-16(24-13)12-20-17(18-2)22-9-7-21(8-10-22)14-5-3-4-6-15(14)23/h3-6,11,23H,7-10,12H2,1-2H3,(H,18,20). The van der Waals surface area contributed by atoms with Crippen molar-refractivity contribution in [3.05, 3.63) is 40.3 Å². The third-order valence-corrected chi connectivity index (χ3v) is 4.99. The molecule has 0 atom stereocenters. The first kappa shape index (κ1) is 16.6. The van der Waals surface area contributed by atoms with Gasteiger partial charge in [-0.15, -0.1) is 11.3 Å². The topological polar surface area (TPSA) is 64.0 Å². The molecule has 1 aromatic heterocycles. The molecule has 0 saturated carbocycles. The molecule has 0 amide bonds. The number of piperazine rings is 1. The summed E-state index contributed by atoms with van der Waals surface area (Å²) < 4.78 is 0. The lowest BCUT2D eigenvalue weighted by Crippen LogP contribution is -2.52. The van der Waals surface area contributed by atoms with Gasteiger partial charge in [0.15, 0.2) is 5.96 Å². The number of phenols is 1. The first-order valence-electron chi connectivity index (χ1n) is 8.07. The maximum atomic E-state index is 10.00. The Bertz CT molecular complexity index is 707. The molecule has 0 aliphatic carbocycles. The van der Waals surface area contributed by atoms with Crippen molar-refractivity contribution in [2.24, 2.45) is 4.99 Å². The van der Waals surface area contributed by atoms with Gasteiger partial charge in [-0.1, -0.05) is 12.1 Å². The second-order valence-corrected chi connectivity index (χ2v) is 7.05. The van der Waals surface area contributed by atoms with Gasteiger partial charge in [-0.05, 0) is 19.1 Å². The number of aromatic hydroxyl groups is 1. The number of benzene rings is 1. The van der Waals surface area contributed by atoms with Crippen molar-refractivity contribution >= 4 is 23.0 Å². The number of hydrogen-bond donors (Lipinski definition) is 2. The van der Waals surface area contributed by atoms with Crippen molar-refractivity contribution < 1.29 is 5.11 Å². The molecule has 1 aromatic carbocycles. The smallest absolute Gasteiger partial charge is 0.194 e. The average molecular weight is 345 g/mol. The lowest BCUT2D eigenvalue weighted by molar-refractivity contribution is 0.369. The van der Waals surface area contributed by atoms with Crippen LogP contribution < -0.4 is 10.2 Å². The van der Waals surface area contributed by atoms with Crippen LogP contribution in [0, 0.1) is 6.92 Å². The van der Waals surface area contributed by atoms with Crippen LogP contribution in [0.5, 0.6) is 5.75 Å². The maximum Gasteiger partial charge on any atom is 0.194 e. The number of phenolic OH excluding ortho intramolecular Hbond substituents is 1. The van der Waals surface area contributed by atoms with Gasteiger partial charge in [0.05, 0.1) is 12.2 Å². The van der Waals surface area contributed by atoms with Gasteiger partial charge < -0.3 is 20.2 Å². The van der Waals surface area contributed by atoms with Gasteiger partial charge in [-0.25, -0.2) is 4.98 Å². The highest BCUT2D eigenvalue weighted by Crippen LogP contribution is 2.27. The quantitative estimate of drug-likeness (QED) is 0.658. The minimum atomic E-state index is 0.340. The molecule has 128 valence electrons. The van der Waals surface area contributed by atoms with Crippen LogP contribution in [0.3, 0.4) is 0 Å². The summed E-state index contributed by atoms with van der Waals surface area (Å²) in [5, 5.41) is 14.5. The number of thiazole rings is 1. The summed E-state index contributed by atoms with van der Waals surface area (Å²) in [7, 11) is 1.81. The van der Waals surface area contributed by atoms with E-state index in [-0.39, 0.29) is 0 Å². The lowest BCUT2D eigenvalue weighted by atomic mass is 10.2. The molecular weight excluding hydrogens is 322 g/mol. The third kappa shape index (κ3) is 3.79. The summed E-state index contributed by atoms with van der Waals surface area (Å²) >= 11 is 1.70. The highest BCUT2D eigenvalue weighted by Gasteiger charge is 2.21. The van der Waals surface area contributed by atoms with Crippen molar-refractivity contribution in [2.75, 3.05) is 38.1 Å². The molecule has 0 unspecified atom stereocenters. The van der Waals surface area contributed by atoms with Gasteiger partial charge in [0.2, 0.25) is 0 Å². The normalized spacial score (nSPS) is 15.7. The summed E-state index contributed by atoms with van der Waals surface area (Å²) in [6, 6.07) is 7.50. The Kier molecular flexibility index (Phi) is 5.20. The van der Waals surface area contributed by atoms with E-state index in [9.17, 15) is 5.11 Å². The van der Waals surface area contributed by atoms with Crippen molar-refractivity contribution in [2.45, 2.75) is 13.5 Å². The van der Waals surface area contributed by atoms with Crippen LogP contribution in [0.1, 0.15) is 9.88 Å². The fraction of sp³-hybridized carbons (Fsp3) is 0.412. The fourth-order valence-corrected chi connectivity index (χ4v) is 3.59. The lowest BCUT2D eigenvalue weighted by Gasteiger charge is -2.37. The Labute approximate surface area is 146 Å². The second-order valence-electron chi connectivity index (χ2n) is 5.73. The van der Waals surface area contributed by atoms with E-state index in [0.717, 1.165) is 42.8 Å². The van der Waals surface area contributed by atoms with Crippen LogP contribution >= 0.6 is 11.3 Å². The highest BCUT2D eigenvalue weighted by atomic mass is 32.1. The number of guanidine groups is 1. The zero-order valence-corrected chi connectivity index (χ0v) is 14.9. The molecule has 2 N–H and O–H groups in total. The van der Waals surface area contributed by atoms with Gasteiger partial charge in [-0.2, -0.15) is 0 Å². The summed E-state index contributed by atoms with van der Waals surface area (Å²) in [6.07, 6.45) is 1.90. The van der Waals surface area contributed by atoms with Crippen LogP contribution in [0.25, 0.3) is 0 Å². The first-order chi connectivity index (χ1) is 11.7. The van der Waals surface area contributed by atoms with E-state index in [1.54, 1.807) is 17.4 Å². The largest absolute Gasteiger partial charge is 0.506 e. The van der Waals surface area contributed by atoms with Crippen LogP contribution in [0.15, 0.2) is 35.5 Å². The van der Waals surface area contributed by atoms with Crippen molar-refractivity contribution in [1.82, 2.24) is 15.2 Å². The Hall–Kier alpha value is -2.28. The van der Waals surface area contributed by atoms with Crippen LogP contribution in [0.4, 0.5) is 5.69 Å². The fourth-order valence-electron chi connectivity index (χ4n) is 2.86. The average Bonchev–Trinajstić information content (AvgIpc) is 3.02. The first-order valence-corrected chi connectivity index (χ1v) is 8.89. The van der Waals surface area contributed by atoms with Gasteiger partial charge in [0.1, 0.15) is 10.8 Å². The van der Waals surface area contributed by atoms with Crippen molar-refractivity contribution in [3.63, 3.8) is 0 Å². The number of rotatable bonds is 3. The number of aliphatic imine (C=N–C) groups is 1. The molecule has 0 spiro atoms. The summed E-state index contributed by atoms with van der Waals surface area (Å²) in [5.41, 5.74) is 0.901. The van der Waals surface area contributed by atoms with E-state index < -0.39 is 0 Å². The minimum absolute atomic E-state index is 0.340. The predicted molar refractivity (Wildman–Crippen MR) is 98.9 cm³/mol. The van der Waals surface area contributed by atoms with Gasteiger partial charge in [0, 0.05) is 44.3 Å². The molecule has 24 heavy (non-hydrogen) atoms. The molecule has 2 heterocycles. The van der Waals surface area contributed by atoms with E-state index >= 15 is 0 Å². The van der Waals surface area contributed by atoms with E-state index in [0.29, 0.717) is 12.3 Å². The Balaban J connectivity index is 1.55. The van der Waals surface area contributed by atoms with Gasteiger partial charge >= 0.3 is 0 Å². The number of aryl methyl sites for hydroxylation is 1. The number of aromatic nitrogens is 1. The Morgan fingerprint density at radius 1 is 1.29 bits per heavy atom.